The summed E-state index contributed by atoms with van der Waals surface area (Å²) in [5.74, 6) is -2.56. The molecule has 1 aromatic carbocycles. The molecule has 0 aliphatic rings. The van der Waals surface area contributed by atoms with E-state index >= 15 is 0 Å². The normalized spacial score (nSPS) is 15.7. The number of halogens is 3. The molecule has 1 rings (SSSR count). The van der Waals surface area contributed by atoms with Gasteiger partial charge in [-0.15, -0.1) is 0 Å². The van der Waals surface area contributed by atoms with Gasteiger partial charge < -0.3 is 16.3 Å². The monoisotopic (exact) mass is 303 g/mol. The van der Waals surface area contributed by atoms with Crippen LogP contribution in [0.3, 0.4) is 0 Å². The first-order valence-electron chi connectivity index (χ1n) is 6.66. The number of nitrogens with zero attached hydrogens (tertiary/aromatic N) is 1. The summed E-state index contributed by atoms with van der Waals surface area (Å²) in [6.45, 7) is 2.03. The first kappa shape index (κ1) is 17.3. The Morgan fingerprint density at radius 3 is 2.48 bits per heavy atom. The van der Waals surface area contributed by atoms with Crippen LogP contribution in [-0.2, 0) is 0 Å². The predicted molar refractivity (Wildman–Crippen MR) is 75.3 cm³/mol. The summed E-state index contributed by atoms with van der Waals surface area (Å²) in [7, 11) is 0. The first-order valence-corrected chi connectivity index (χ1v) is 6.66. The van der Waals surface area contributed by atoms with E-state index in [-0.39, 0.29) is 5.92 Å². The van der Waals surface area contributed by atoms with Gasteiger partial charge in [-0.3, -0.25) is 0 Å². The Morgan fingerprint density at radius 1 is 1.33 bits per heavy atom. The summed E-state index contributed by atoms with van der Waals surface area (Å²) in [4.78, 5) is 0. The molecule has 0 aliphatic carbocycles. The Labute approximate surface area is 121 Å². The van der Waals surface area contributed by atoms with Crippen LogP contribution in [0.15, 0.2) is 35.5 Å². The van der Waals surface area contributed by atoms with Crippen molar-refractivity contribution in [1.82, 2.24) is 5.32 Å². The van der Waals surface area contributed by atoms with Crippen molar-refractivity contribution in [3.63, 3.8) is 0 Å². The minimum Gasteiger partial charge on any atom is -0.409 e. The van der Waals surface area contributed by atoms with E-state index in [1.807, 2.05) is 37.3 Å². The van der Waals surface area contributed by atoms with E-state index in [1.165, 1.54) is 0 Å². The third-order valence-electron chi connectivity index (χ3n) is 3.34. The average molecular weight is 303 g/mol. The highest BCUT2D eigenvalue weighted by molar-refractivity contribution is 5.83. The van der Waals surface area contributed by atoms with Crippen LogP contribution < -0.4 is 11.1 Å². The van der Waals surface area contributed by atoms with Crippen molar-refractivity contribution in [3.05, 3.63) is 35.9 Å². The van der Waals surface area contributed by atoms with Gasteiger partial charge in [-0.1, -0.05) is 42.4 Å². The smallest absolute Gasteiger partial charge is 0.400 e. The Balaban J connectivity index is 2.42. The van der Waals surface area contributed by atoms with Gasteiger partial charge in [-0.25, -0.2) is 0 Å². The summed E-state index contributed by atoms with van der Waals surface area (Å²) in [6.07, 6.45) is -3.83. The Kier molecular flexibility index (Phi) is 6.48. The SMILES string of the molecule is CC(CCNCC(/C(N)=N/O)C(F)(F)F)c1ccccc1. The van der Waals surface area contributed by atoms with Gasteiger partial charge in [-0.2, -0.15) is 13.2 Å². The summed E-state index contributed by atoms with van der Waals surface area (Å²) >= 11 is 0. The van der Waals surface area contributed by atoms with Crippen LogP contribution in [0.2, 0.25) is 0 Å². The van der Waals surface area contributed by atoms with Crippen LogP contribution in [0.1, 0.15) is 24.8 Å². The number of hydrogen-bond donors (Lipinski definition) is 3. The standard InChI is InChI=1S/C14H20F3N3O/c1-10(11-5-3-2-4-6-11)7-8-19-9-12(13(18)20-21)14(15,16)17/h2-6,10,12,19,21H,7-9H2,1H3,(H2,18,20). The molecule has 0 fully saturated rings. The topological polar surface area (TPSA) is 70.6 Å². The summed E-state index contributed by atoms with van der Waals surface area (Å²) in [6, 6.07) is 9.74. The molecular formula is C14H20F3N3O. The van der Waals surface area contributed by atoms with E-state index in [1.54, 1.807) is 0 Å². The lowest BCUT2D eigenvalue weighted by atomic mass is 9.98. The number of benzene rings is 1. The van der Waals surface area contributed by atoms with Crippen LogP contribution in [0, 0.1) is 5.92 Å². The summed E-state index contributed by atoms with van der Waals surface area (Å²) < 4.78 is 38.1. The van der Waals surface area contributed by atoms with Crippen molar-refractivity contribution in [2.75, 3.05) is 13.1 Å². The molecule has 0 bridgehead atoms. The highest BCUT2D eigenvalue weighted by Gasteiger charge is 2.42. The van der Waals surface area contributed by atoms with Crippen molar-refractivity contribution in [2.45, 2.75) is 25.4 Å². The maximum absolute atomic E-state index is 12.7. The van der Waals surface area contributed by atoms with E-state index in [2.05, 4.69) is 10.5 Å². The molecule has 4 N–H and O–H groups in total. The largest absolute Gasteiger partial charge is 0.409 e. The van der Waals surface area contributed by atoms with Crippen LogP contribution in [-0.4, -0.2) is 30.3 Å². The van der Waals surface area contributed by atoms with Gasteiger partial charge >= 0.3 is 6.18 Å². The number of nitrogens with two attached hydrogens (primary N) is 1. The minimum atomic E-state index is -4.53. The number of rotatable bonds is 7. The molecule has 0 saturated carbocycles. The Bertz CT molecular complexity index is 449. The second-order valence-electron chi connectivity index (χ2n) is 4.92. The quantitative estimate of drug-likeness (QED) is 0.238. The number of nitrogens with one attached hydrogen (secondary N) is 1. The van der Waals surface area contributed by atoms with Crippen molar-refractivity contribution in [1.29, 1.82) is 0 Å². The molecule has 0 heterocycles. The van der Waals surface area contributed by atoms with Gasteiger partial charge in [0, 0.05) is 6.54 Å². The first-order chi connectivity index (χ1) is 9.86. The number of alkyl halides is 3. The van der Waals surface area contributed by atoms with Crippen molar-refractivity contribution in [3.8, 4) is 0 Å². The molecule has 2 unspecified atom stereocenters. The highest BCUT2D eigenvalue weighted by Crippen LogP contribution is 2.26. The molecule has 4 nitrogen and oxygen atoms in total. The molecule has 118 valence electrons. The number of oxime groups is 1. The van der Waals surface area contributed by atoms with Gasteiger partial charge in [0.2, 0.25) is 0 Å². The van der Waals surface area contributed by atoms with Crippen LogP contribution in [0.5, 0.6) is 0 Å². The second-order valence-corrected chi connectivity index (χ2v) is 4.92. The molecule has 0 amide bonds. The van der Waals surface area contributed by atoms with Crippen LogP contribution in [0.25, 0.3) is 0 Å². The zero-order chi connectivity index (χ0) is 15.9. The maximum atomic E-state index is 12.7. The molecule has 1 aromatic rings. The molecule has 2 atom stereocenters. The molecule has 0 radical (unpaired) electrons. The molecule has 0 saturated heterocycles. The van der Waals surface area contributed by atoms with E-state index in [4.69, 9.17) is 10.9 Å². The Morgan fingerprint density at radius 2 is 1.95 bits per heavy atom. The van der Waals surface area contributed by atoms with Gasteiger partial charge in [-0.05, 0) is 24.4 Å². The van der Waals surface area contributed by atoms with Gasteiger partial charge in [0.15, 0.2) is 5.84 Å². The average Bonchev–Trinajstić information content (AvgIpc) is 2.45. The minimum absolute atomic E-state index is 0.242. The third-order valence-corrected chi connectivity index (χ3v) is 3.34. The van der Waals surface area contributed by atoms with Crippen LogP contribution >= 0.6 is 0 Å². The van der Waals surface area contributed by atoms with E-state index < -0.39 is 24.5 Å². The number of amidine groups is 1. The molecule has 7 heteroatoms. The third kappa shape index (κ3) is 5.63. The lowest BCUT2D eigenvalue weighted by Gasteiger charge is -2.20. The fourth-order valence-electron chi connectivity index (χ4n) is 1.97. The van der Waals surface area contributed by atoms with Crippen molar-refractivity contribution >= 4 is 5.84 Å². The lowest BCUT2D eigenvalue weighted by Crippen LogP contribution is -2.43. The zero-order valence-electron chi connectivity index (χ0n) is 11.8. The molecule has 0 aromatic heterocycles. The molecule has 0 aliphatic heterocycles. The fourth-order valence-corrected chi connectivity index (χ4v) is 1.97. The van der Waals surface area contributed by atoms with Gasteiger partial charge in [0.25, 0.3) is 0 Å². The summed E-state index contributed by atoms with van der Waals surface area (Å²) in [5.41, 5.74) is 6.22. The summed E-state index contributed by atoms with van der Waals surface area (Å²) in [5, 5.41) is 13.6. The van der Waals surface area contributed by atoms with Crippen molar-refractivity contribution in [2.24, 2.45) is 16.8 Å². The molecule has 0 spiro atoms. The molecular weight excluding hydrogens is 283 g/mol. The Hall–Kier alpha value is -1.76. The van der Waals surface area contributed by atoms with Crippen molar-refractivity contribution < 1.29 is 18.4 Å². The van der Waals surface area contributed by atoms with E-state index in [0.29, 0.717) is 13.0 Å². The maximum Gasteiger partial charge on any atom is 0.400 e. The van der Waals surface area contributed by atoms with E-state index in [9.17, 15) is 13.2 Å². The van der Waals surface area contributed by atoms with Gasteiger partial charge in [0.1, 0.15) is 5.92 Å². The highest BCUT2D eigenvalue weighted by atomic mass is 19.4. The van der Waals surface area contributed by atoms with Crippen LogP contribution in [0.4, 0.5) is 13.2 Å². The zero-order valence-corrected chi connectivity index (χ0v) is 11.8. The van der Waals surface area contributed by atoms with E-state index in [0.717, 1.165) is 5.56 Å². The number of hydrogen-bond acceptors (Lipinski definition) is 3. The molecule has 21 heavy (non-hydrogen) atoms. The fraction of sp³-hybridized carbons (Fsp3) is 0.500. The lowest BCUT2D eigenvalue weighted by molar-refractivity contribution is -0.154. The second kappa shape index (κ2) is 7.87. The van der Waals surface area contributed by atoms with Gasteiger partial charge in [0.05, 0.1) is 0 Å². The predicted octanol–water partition coefficient (Wildman–Crippen LogP) is 2.69.